The van der Waals surface area contributed by atoms with Gasteiger partial charge >= 0.3 is 0 Å². The average molecular weight is 310 g/mol. The first-order chi connectivity index (χ1) is 10.7. The Bertz CT molecular complexity index is 825. The lowest BCUT2D eigenvalue weighted by molar-refractivity contribution is 0.406. The molecule has 6 atom stereocenters. The van der Waals surface area contributed by atoms with E-state index in [0.717, 1.165) is 10.8 Å². The van der Waals surface area contributed by atoms with Crippen molar-refractivity contribution in [1.29, 1.82) is 0 Å². The van der Waals surface area contributed by atoms with Crippen LogP contribution in [0.25, 0.3) is 6.08 Å². The van der Waals surface area contributed by atoms with Crippen LogP contribution in [0.4, 0.5) is 0 Å². The summed E-state index contributed by atoms with van der Waals surface area (Å²) in [7, 11) is 1.73. The summed E-state index contributed by atoms with van der Waals surface area (Å²) in [6.45, 7) is 0. The predicted molar refractivity (Wildman–Crippen MR) is 86.9 cm³/mol. The summed E-state index contributed by atoms with van der Waals surface area (Å²) in [5.41, 5.74) is 3.29. The topological polar surface area (TPSA) is 21.3 Å². The van der Waals surface area contributed by atoms with Crippen molar-refractivity contribution in [3.63, 3.8) is 0 Å². The van der Waals surface area contributed by atoms with Crippen molar-refractivity contribution in [3.05, 3.63) is 58.7 Å². The van der Waals surface area contributed by atoms with E-state index in [-0.39, 0.29) is 10.8 Å². The van der Waals surface area contributed by atoms with Crippen molar-refractivity contribution in [1.82, 2.24) is 5.32 Å². The van der Waals surface area contributed by atoms with Crippen LogP contribution in [0.2, 0.25) is 0 Å². The van der Waals surface area contributed by atoms with E-state index in [2.05, 4.69) is 53.9 Å². The molecule has 0 radical (unpaired) electrons. The molecule has 110 valence electrons. The largest absolute Gasteiger partial charge is 0.497 e. The van der Waals surface area contributed by atoms with E-state index in [1.165, 1.54) is 11.1 Å². The van der Waals surface area contributed by atoms with Gasteiger partial charge in [0.1, 0.15) is 5.75 Å². The Labute approximate surface area is 134 Å². The number of hydrogen-bond acceptors (Lipinski definition) is 2. The predicted octanol–water partition coefficient (Wildman–Crippen LogP) is 3.45. The highest BCUT2D eigenvalue weighted by atomic mass is 35.5. The molecule has 1 aromatic rings. The number of halogens is 1. The number of benzene rings is 1. The SMILES string of the molecule is COc1ccc2c(c1)C=CC13C(NC4C5C=C(Cl)C=CC541)C23. The van der Waals surface area contributed by atoms with E-state index in [1.54, 1.807) is 7.11 Å². The molecule has 1 saturated heterocycles. The van der Waals surface area contributed by atoms with Crippen LogP contribution in [0, 0.1) is 16.7 Å². The molecular weight excluding hydrogens is 294 g/mol. The molecule has 3 fully saturated rings. The van der Waals surface area contributed by atoms with Gasteiger partial charge in [-0.3, -0.25) is 0 Å². The minimum absolute atomic E-state index is 0.258. The third kappa shape index (κ3) is 1.02. The van der Waals surface area contributed by atoms with Gasteiger partial charge in [0.25, 0.3) is 0 Å². The quantitative estimate of drug-likeness (QED) is 0.858. The highest BCUT2D eigenvalue weighted by Gasteiger charge is 2.89. The minimum Gasteiger partial charge on any atom is -0.497 e. The summed E-state index contributed by atoms with van der Waals surface area (Å²) < 4.78 is 5.36. The summed E-state index contributed by atoms with van der Waals surface area (Å²) in [6, 6.07) is 7.65. The maximum absolute atomic E-state index is 6.21. The minimum atomic E-state index is 0.258. The second-order valence-corrected chi connectivity index (χ2v) is 7.64. The van der Waals surface area contributed by atoms with Crippen molar-refractivity contribution < 1.29 is 4.74 Å². The van der Waals surface area contributed by atoms with Gasteiger partial charge < -0.3 is 10.1 Å². The molecule has 1 heterocycles. The number of nitrogens with one attached hydrogen (secondary N) is 1. The third-order valence-electron chi connectivity index (χ3n) is 6.70. The molecule has 5 aliphatic rings. The van der Waals surface area contributed by atoms with Gasteiger partial charge in [0.05, 0.1) is 7.11 Å². The number of methoxy groups -OCH3 is 1. The summed E-state index contributed by atoms with van der Waals surface area (Å²) in [6.07, 6.45) is 11.5. The Hall–Kier alpha value is -1.51. The summed E-state index contributed by atoms with van der Waals surface area (Å²) in [4.78, 5) is 0. The lowest BCUT2D eigenvalue weighted by Crippen LogP contribution is -2.21. The molecule has 6 unspecified atom stereocenters. The Kier molecular flexibility index (Phi) is 1.83. The van der Waals surface area contributed by atoms with Crippen LogP contribution < -0.4 is 10.1 Å². The van der Waals surface area contributed by atoms with E-state index in [4.69, 9.17) is 16.3 Å². The zero-order valence-corrected chi connectivity index (χ0v) is 13.0. The molecule has 1 N–H and O–H groups in total. The molecular formula is C19H16ClNO. The van der Waals surface area contributed by atoms with Gasteiger partial charge in [-0.2, -0.15) is 0 Å². The summed E-state index contributed by atoms with van der Waals surface area (Å²) in [5.74, 6) is 2.09. The third-order valence-corrected chi connectivity index (χ3v) is 6.96. The fourth-order valence-electron chi connectivity index (χ4n) is 5.77. The standard InChI is InChI=1S/C19H16ClNO/c1-22-12-2-3-13-10(8-12)4-6-19-15(13)17(19)21-16-14-9-11(20)5-7-18(14,16)19/h2-9,14-17,21H,1H3. The molecule has 2 saturated carbocycles. The highest BCUT2D eigenvalue weighted by molar-refractivity contribution is 6.31. The molecule has 0 aromatic heterocycles. The van der Waals surface area contributed by atoms with Crippen LogP contribution in [-0.4, -0.2) is 19.2 Å². The molecule has 3 heteroatoms. The smallest absolute Gasteiger partial charge is 0.119 e. The normalized spacial score (nSPS) is 47.6. The number of piperidine rings is 2. The van der Waals surface area contributed by atoms with Gasteiger partial charge in [0.15, 0.2) is 0 Å². The molecule has 6 rings (SSSR count). The summed E-state index contributed by atoms with van der Waals surface area (Å²) >= 11 is 6.21. The van der Waals surface area contributed by atoms with Gasteiger partial charge in [-0.05, 0) is 29.3 Å². The number of rotatable bonds is 1. The second kappa shape index (κ2) is 3.37. The van der Waals surface area contributed by atoms with Crippen LogP contribution in [0.1, 0.15) is 17.0 Å². The Morgan fingerprint density at radius 3 is 2.86 bits per heavy atom. The Morgan fingerprint density at radius 2 is 2.00 bits per heavy atom. The fourth-order valence-corrected chi connectivity index (χ4v) is 5.97. The van der Waals surface area contributed by atoms with Gasteiger partial charge in [0.2, 0.25) is 0 Å². The van der Waals surface area contributed by atoms with Crippen LogP contribution >= 0.6 is 11.6 Å². The van der Waals surface area contributed by atoms with E-state index < -0.39 is 0 Å². The molecule has 2 spiro atoms. The summed E-state index contributed by atoms with van der Waals surface area (Å²) in [5, 5.41) is 4.77. The monoisotopic (exact) mass is 309 g/mol. The first-order valence-electron chi connectivity index (χ1n) is 7.92. The van der Waals surface area contributed by atoms with Gasteiger partial charge in [-0.1, -0.05) is 42.0 Å². The fraction of sp³-hybridized carbons (Fsp3) is 0.368. The van der Waals surface area contributed by atoms with Gasteiger partial charge in [-0.15, -0.1) is 0 Å². The maximum atomic E-state index is 6.21. The van der Waals surface area contributed by atoms with Gasteiger partial charge in [0, 0.05) is 39.8 Å². The Morgan fingerprint density at radius 1 is 1.14 bits per heavy atom. The van der Waals surface area contributed by atoms with Crippen molar-refractivity contribution in [2.45, 2.75) is 18.0 Å². The zero-order chi connectivity index (χ0) is 14.7. The molecule has 4 aliphatic carbocycles. The number of fused-ring (bicyclic) bond motifs is 4. The number of hydrogen-bond donors (Lipinski definition) is 1. The van der Waals surface area contributed by atoms with Crippen molar-refractivity contribution in [2.75, 3.05) is 7.11 Å². The molecule has 22 heavy (non-hydrogen) atoms. The van der Waals surface area contributed by atoms with Crippen molar-refractivity contribution in [2.24, 2.45) is 16.7 Å². The second-order valence-electron chi connectivity index (χ2n) is 7.20. The van der Waals surface area contributed by atoms with Crippen molar-refractivity contribution >= 4 is 17.7 Å². The molecule has 1 aromatic carbocycles. The van der Waals surface area contributed by atoms with E-state index >= 15 is 0 Å². The van der Waals surface area contributed by atoms with Crippen LogP contribution in [0.15, 0.2) is 47.5 Å². The lowest BCUT2D eigenvalue weighted by Gasteiger charge is -2.27. The van der Waals surface area contributed by atoms with E-state index in [1.807, 2.05) is 0 Å². The Balaban J connectivity index is 1.49. The molecule has 1 aliphatic heterocycles. The molecule has 0 bridgehead atoms. The van der Waals surface area contributed by atoms with Gasteiger partial charge in [-0.25, -0.2) is 0 Å². The van der Waals surface area contributed by atoms with Crippen LogP contribution in [0.5, 0.6) is 5.75 Å². The average Bonchev–Trinajstić information content (AvgIpc) is 3.38. The lowest BCUT2D eigenvalue weighted by atomic mass is 9.75. The number of allylic oxidation sites excluding steroid dienone is 2. The zero-order valence-electron chi connectivity index (χ0n) is 12.2. The van der Waals surface area contributed by atoms with E-state index in [9.17, 15) is 0 Å². The van der Waals surface area contributed by atoms with Crippen molar-refractivity contribution in [3.8, 4) is 5.75 Å². The van der Waals surface area contributed by atoms with Crippen LogP contribution in [-0.2, 0) is 0 Å². The first kappa shape index (κ1) is 12.0. The molecule has 0 amide bonds. The van der Waals surface area contributed by atoms with Crippen LogP contribution in [0.3, 0.4) is 0 Å². The van der Waals surface area contributed by atoms with E-state index in [0.29, 0.717) is 23.9 Å². The highest BCUT2D eigenvalue weighted by Crippen LogP contribution is 2.86. The maximum Gasteiger partial charge on any atom is 0.119 e. The first-order valence-corrected chi connectivity index (χ1v) is 8.30. The number of ether oxygens (including phenoxy) is 1. The molecule has 2 nitrogen and oxygen atoms in total.